The van der Waals surface area contributed by atoms with Crippen LogP contribution in [0.4, 0.5) is 0 Å². The third-order valence-electron chi connectivity index (χ3n) is 2.64. The van der Waals surface area contributed by atoms with Gasteiger partial charge in [0.15, 0.2) is 5.78 Å². The number of Topliss-reactive ketones (excluding diaryl/α,β-unsaturated/α-hetero) is 1. The average Bonchev–Trinajstić information content (AvgIpc) is 2.35. The summed E-state index contributed by atoms with van der Waals surface area (Å²) in [5.74, 6) is -0.0841. The number of rotatable bonds is 4. The third-order valence-corrected chi connectivity index (χ3v) is 3.61. The molecule has 0 bridgehead atoms. The van der Waals surface area contributed by atoms with Gasteiger partial charge in [0, 0.05) is 11.1 Å². The molecule has 4 nitrogen and oxygen atoms in total. The predicted molar refractivity (Wildman–Crippen MR) is 72.3 cm³/mol. The molecule has 0 atom stereocenters. The Hall–Kier alpha value is -1.75. The number of aromatic nitrogens is 1. The van der Waals surface area contributed by atoms with Crippen LogP contribution in [0.1, 0.15) is 19.8 Å². The fourth-order valence-corrected chi connectivity index (χ4v) is 2.64. The van der Waals surface area contributed by atoms with Crippen LogP contribution in [-0.2, 0) is 11.3 Å². The van der Waals surface area contributed by atoms with Crippen LogP contribution >= 0.6 is 11.3 Å². The molecule has 0 unspecified atom stereocenters. The number of carbonyl (C=O) groups excluding carboxylic acids is 1. The van der Waals surface area contributed by atoms with Crippen LogP contribution < -0.4 is 10.4 Å². The first kappa shape index (κ1) is 12.7. The highest BCUT2D eigenvalue weighted by Crippen LogP contribution is 2.10. The zero-order valence-corrected chi connectivity index (χ0v) is 10.8. The lowest BCUT2D eigenvalue weighted by molar-refractivity contribution is -0.119. The Balaban J connectivity index is 2.55. The molecular formula is C13H13NO3S. The Labute approximate surface area is 108 Å². The van der Waals surface area contributed by atoms with E-state index in [0.717, 1.165) is 22.3 Å². The van der Waals surface area contributed by atoms with E-state index in [1.807, 2.05) is 6.92 Å². The fourth-order valence-electron chi connectivity index (χ4n) is 1.78. The average molecular weight is 263 g/mol. The van der Waals surface area contributed by atoms with Gasteiger partial charge in [-0.05, 0) is 18.6 Å². The topological polar surface area (TPSA) is 56.1 Å². The Morgan fingerprint density at radius 1 is 1.28 bits per heavy atom. The number of hydrogen-bond acceptors (Lipinski definition) is 4. The van der Waals surface area contributed by atoms with E-state index >= 15 is 0 Å². The molecule has 0 aliphatic heterocycles. The molecule has 2 aromatic rings. The van der Waals surface area contributed by atoms with Gasteiger partial charge in [0.1, 0.15) is 0 Å². The minimum Gasteiger partial charge on any atom is -0.298 e. The summed E-state index contributed by atoms with van der Waals surface area (Å²) in [6.07, 6.45) is 1.11. The highest BCUT2D eigenvalue weighted by molar-refractivity contribution is 7.16. The van der Waals surface area contributed by atoms with E-state index in [0.29, 0.717) is 16.5 Å². The van der Waals surface area contributed by atoms with E-state index in [2.05, 4.69) is 0 Å². The van der Waals surface area contributed by atoms with E-state index in [9.17, 15) is 14.4 Å². The molecule has 0 aliphatic carbocycles. The highest BCUT2D eigenvalue weighted by Gasteiger charge is 2.10. The zero-order chi connectivity index (χ0) is 13.1. The van der Waals surface area contributed by atoms with Crippen molar-refractivity contribution in [2.75, 3.05) is 0 Å². The van der Waals surface area contributed by atoms with Gasteiger partial charge in [0.2, 0.25) is 0 Å². The van der Waals surface area contributed by atoms with Crippen LogP contribution in [0.3, 0.4) is 0 Å². The number of ketones is 1. The first-order valence-electron chi connectivity index (χ1n) is 5.78. The normalized spacial score (nSPS) is 10.7. The predicted octanol–water partition coefficient (Wildman–Crippen LogP) is 1.79. The minimum atomic E-state index is -0.376. The molecule has 2 rings (SSSR count). The lowest BCUT2D eigenvalue weighted by atomic mass is 10.2. The minimum absolute atomic E-state index is 0.0841. The maximum atomic E-state index is 12.1. The SMILES string of the molecule is CCCC(=O)Cn1c(=O)sc2ccccc2c1=O. The molecule has 1 aromatic carbocycles. The van der Waals surface area contributed by atoms with Gasteiger partial charge in [-0.25, -0.2) is 0 Å². The van der Waals surface area contributed by atoms with Crippen molar-refractivity contribution in [2.45, 2.75) is 26.3 Å². The maximum Gasteiger partial charge on any atom is 0.310 e. The van der Waals surface area contributed by atoms with Crippen LogP contribution in [0, 0.1) is 0 Å². The van der Waals surface area contributed by atoms with E-state index in [4.69, 9.17) is 0 Å². The quantitative estimate of drug-likeness (QED) is 0.845. The van der Waals surface area contributed by atoms with Crippen molar-refractivity contribution in [3.8, 4) is 0 Å². The molecule has 0 amide bonds. The van der Waals surface area contributed by atoms with Gasteiger partial charge in [-0.2, -0.15) is 0 Å². The molecule has 0 saturated heterocycles. The van der Waals surface area contributed by atoms with Crippen molar-refractivity contribution in [1.29, 1.82) is 0 Å². The molecule has 1 aromatic heterocycles. The van der Waals surface area contributed by atoms with E-state index in [1.54, 1.807) is 24.3 Å². The Morgan fingerprint density at radius 3 is 2.72 bits per heavy atom. The molecule has 0 fully saturated rings. The second kappa shape index (κ2) is 5.27. The molecule has 0 saturated carbocycles. The summed E-state index contributed by atoms with van der Waals surface area (Å²) in [7, 11) is 0. The maximum absolute atomic E-state index is 12.1. The summed E-state index contributed by atoms with van der Waals surface area (Å²) in [5, 5.41) is 0.492. The molecule has 5 heteroatoms. The third kappa shape index (κ3) is 2.41. The standard InChI is InChI=1S/C13H13NO3S/c1-2-5-9(15)8-14-12(16)10-6-3-4-7-11(10)18-13(14)17/h3-4,6-7H,2,5,8H2,1H3. The van der Waals surface area contributed by atoms with E-state index in [-0.39, 0.29) is 22.8 Å². The van der Waals surface area contributed by atoms with Gasteiger partial charge in [-0.3, -0.25) is 19.0 Å². The lowest BCUT2D eigenvalue weighted by Gasteiger charge is -2.04. The molecule has 1 heterocycles. The van der Waals surface area contributed by atoms with Gasteiger partial charge < -0.3 is 0 Å². The summed E-state index contributed by atoms with van der Waals surface area (Å²) in [4.78, 5) is 35.1. The summed E-state index contributed by atoms with van der Waals surface area (Å²) in [6, 6.07) is 6.94. The molecule has 94 valence electrons. The summed E-state index contributed by atoms with van der Waals surface area (Å²) in [5.41, 5.74) is -0.376. The van der Waals surface area contributed by atoms with Crippen molar-refractivity contribution in [3.63, 3.8) is 0 Å². The summed E-state index contributed by atoms with van der Waals surface area (Å²) in [6.45, 7) is 1.77. The number of nitrogens with zero attached hydrogens (tertiary/aromatic N) is 1. The first-order valence-corrected chi connectivity index (χ1v) is 6.59. The van der Waals surface area contributed by atoms with Crippen molar-refractivity contribution in [3.05, 3.63) is 44.3 Å². The van der Waals surface area contributed by atoms with Gasteiger partial charge in [-0.15, -0.1) is 0 Å². The molecule has 0 spiro atoms. The number of carbonyl (C=O) groups is 1. The fraction of sp³-hybridized carbons (Fsp3) is 0.308. The van der Waals surface area contributed by atoms with Crippen molar-refractivity contribution in [2.24, 2.45) is 0 Å². The summed E-state index contributed by atoms with van der Waals surface area (Å²) < 4.78 is 1.69. The van der Waals surface area contributed by atoms with E-state index < -0.39 is 0 Å². The van der Waals surface area contributed by atoms with Gasteiger partial charge >= 0.3 is 4.87 Å². The first-order chi connectivity index (χ1) is 8.63. The molecule has 18 heavy (non-hydrogen) atoms. The smallest absolute Gasteiger partial charge is 0.298 e. The molecule has 0 aliphatic rings. The number of hydrogen-bond donors (Lipinski definition) is 0. The van der Waals surface area contributed by atoms with Crippen LogP contribution in [-0.4, -0.2) is 10.4 Å². The van der Waals surface area contributed by atoms with Crippen molar-refractivity contribution >= 4 is 27.2 Å². The highest BCUT2D eigenvalue weighted by atomic mass is 32.1. The Morgan fingerprint density at radius 2 is 2.00 bits per heavy atom. The Bertz CT molecular complexity index is 699. The molecule has 0 radical (unpaired) electrons. The van der Waals surface area contributed by atoms with Crippen molar-refractivity contribution < 1.29 is 4.79 Å². The largest absolute Gasteiger partial charge is 0.310 e. The van der Waals surface area contributed by atoms with Crippen LogP contribution in [0.25, 0.3) is 10.1 Å². The van der Waals surface area contributed by atoms with Crippen LogP contribution in [0.2, 0.25) is 0 Å². The second-order valence-electron chi connectivity index (χ2n) is 4.04. The zero-order valence-electron chi connectivity index (χ0n) is 10.0. The van der Waals surface area contributed by atoms with Crippen LogP contribution in [0.5, 0.6) is 0 Å². The summed E-state index contributed by atoms with van der Waals surface area (Å²) >= 11 is 0.998. The number of benzene rings is 1. The van der Waals surface area contributed by atoms with Gasteiger partial charge in [-0.1, -0.05) is 30.4 Å². The van der Waals surface area contributed by atoms with Gasteiger partial charge in [0.05, 0.1) is 11.9 Å². The molecular weight excluding hydrogens is 250 g/mol. The lowest BCUT2D eigenvalue weighted by Crippen LogP contribution is -2.33. The second-order valence-corrected chi connectivity index (χ2v) is 5.04. The number of fused-ring (bicyclic) bond motifs is 1. The van der Waals surface area contributed by atoms with Crippen molar-refractivity contribution in [1.82, 2.24) is 4.57 Å². The molecule has 0 N–H and O–H groups in total. The van der Waals surface area contributed by atoms with E-state index in [1.165, 1.54) is 0 Å². The Kier molecular flexibility index (Phi) is 3.72. The monoisotopic (exact) mass is 263 g/mol. The van der Waals surface area contributed by atoms with Gasteiger partial charge in [0.25, 0.3) is 5.56 Å². The van der Waals surface area contributed by atoms with Crippen LogP contribution in [0.15, 0.2) is 33.9 Å².